The molecule has 2 bridgehead atoms. The summed E-state index contributed by atoms with van der Waals surface area (Å²) in [6.45, 7) is 4.47. The average Bonchev–Trinajstić information content (AvgIpc) is 3.56. The van der Waals surface area contributed by atoms with Gasteiger partial charge in [0, 0.05) is 31.2 Å². The zero-order chi connectivity index (χ0) is 26.8. The Morgan fingerprint density at radius 2 is 2.05 bits per heavy atom. The molecule has 10 heteroatoms. The quantitative estimate of drug-likeness (QED) is 0.577. The molecule has 0 unspecified atom stereocenters. The van der Waals surface area contributed by atoms with Gasteiger partial charge in [-0.25, -0.2) is 4.79 Å². The largest absolute Gasteiger partial charge is 0.462 e. The molecule has 1 aromatic carbocycles. The van der Waals surface area contributed by atoms with Gasteiger partial charge in [-0.2, -0.15) is 15.2 Å². The van der Waals surface area contributed by atoms with Crippen LogP contribution in [0.1, 0.15) is 48.5 Å². The van der Waals surface area contributed by atoms with Gasteiger partial charge in [-0.05, 0) is 57.3 Å². The first kappa shape index (κ1) is 25.8. The molecule has 3 aliphatic heterocycles. The van der Waals surface area contributed by atoms with Gasteiger partial charge in [-0.15, -0.1) is 0 Å². The molecule has 3 saturated heterocycles. The zero-order valence-corrected chi connectivity index (χ0v) is 22.6. The average molecular weight is 532 g/mol. The zero-order valence-electron chi connectivity index (χ0n) is 22.6. The summed E-state index contributed by atoms with van der Waals surface area (Å²) in [5.41, 5.74) is 3.17. The summed E-state index contributed by atoms with van der Waals surface area (Å²) < 4.78 is 11.8. The predicted molar refractivity (Wildman–Crippen MR) is 145 cm³/mol. The van der Waals surface area contributed by atoms with Gasteiger partial charge >= 0.3 is 12.1 Å². The van der Waals surface area contributed by atoms with Crippen LogP contribution in [0.25, 0.3) is 0 Å². The molecule has 10 nitrogen and oxygen atoms in total. The molecule has 3 fully saturated rings. The molecule has 6 rings (SSSR count). The number of rotatable bonds is 7. The number of piperazine rings is 1. The summed E-state index contributed by atoms with van der Waals surface area (Å²) in [5.74, 6) is 1.47. The molecule has 4 aliphatic rings. The van der Waals surface area contributed by atoms with Crippen LogP contribution in [0.3, 0.4) is 0 Å². The van der Waals surface area contributed by atoms with Crippen LogP contribution in [0.5, 0.6) is 6.01 Å². The Kier molecular flexibility index (Phi) is 7.53. The van der Waals surface area contributed by atoms with Crippen molar-refractivity contribution in [2.24, 2.45) is 5.92 Å². The summed E-state index contributed by atoms with van der Waals surface area (Å²) in [6, 6.07) is 12.7. The normalized spacial score (nSPS) is 26.3. The van der Waals surface area contributed by atoms with Crippen molar-refractivity contribution in [2.75, 3.05) is 51.3 Å². The molecule has 0 spiro atoms. The molecular weight excluding hydrogens is 494 g/mol. The van der Waals surface area contributed by atoms with Crippen LogP contribution < -0.4 is 15.0 Å². The summed E-state index contributed by atoms with van der Waals surface area (Å²) >= 11 is 0. The number of carbonyl (C=O) groups excluding carboxylic acids is 1. The van der Waals surface area contributed by atoms with Crippen molar-refractivity contribution in [1.29, 1.82) is 5.26 Å². The highest BCUT2D eigenvalue weighted by molar-refractivity contribution is 5.69. The minimum Gasteiger partial charge on any atom is -0.462 e. The smallest absolute Gasteiger partial charge is 0.410 e. The molecule has 1 N–H and O–H groups in total. The number of nitrogens with one attached hydrogen (secondary N) is 1. The van der Waals surface area contributed by atoms with Crippen molar-refractivity contribution < 1.29 is 14.3 Å². The van der Waals surface area contributed by atoms with Crippen LogP contribution >= 0.6 is 0 Å². The van der Waals surface area contributed by atoms with Gasteiger partial charge in [0.05, 0.1) is 30.3 Å². The van der Waals surface area contributed by atoms with Crippen molar-refractivity contribution in [3.63, 3.8) is 0 Å². The molecule has 2 aromatic rings. The molecule has 4 heterocycles. The molecule has 0 radical (unpaired) electrons. The third-order valence-electron chi connectivity index (χ3n) is 8.67. The number of amides is 1. The lowest BCUT2D eigenvalue weighted by Gasteiger charge is -2.41. The van der Waals surface area contributed by atoms with Crippen LogP contribution in [0.15, 0.2) is 30.3 Å². The Labute approximate surface area is 229 Å². The van der Waals surface area contributed by atoms with E-state index in [1.807, 2.05) is 30.3 Å². The SMILES string of the molecule is CN1CCC[C@H]1COc1nc2c(c(N3CCN(C(=O)OCc4ccccc4)[C@@H](CC#N)C3)n1)C[C@@H]1CN[C@H]2C1. The Hall–Kier alpha value is -3.42. The van der Waals surface area contributed by atoms with Gasteiger partial charge in [0.2, 0.25) is 0 Å². The second-order valence-electron chi connectivity index (χ2n) is 11.2. The van der Waals surface area contributed by atoms with Crippen LogP contribution in [-0.2, 0) is 17.8 Å². The first-order chi connectivity index (χ1) is 19.1. The number of carbonyl (C=O) groups is 1. The number of hydrogen-bond acceptors (Lipinski definition) is 9. The van der Waals surface area contributed by atoms with Gasteiger partial charge in [0.25, 0.3) is 0 Å². The highest BCUT2D eigenvalue weighted by atomic mass is 16.6. The lowest BCUT2D eigenvalue weighted by Crippen LogP contribution is -2.55. The minimum atomic E-state index is -0.379. The molecule has 39 heavy (non-hydrogen) atoms. The number of benzene rings is 1. The first-order valence-electron chi connectivity index (χ1n) is 14.2. The van der Waals surface area contributed by atoms with Crippen molar-refractivity contribution >= 4 is 11.9 Å². The molecule has 0 saturated carbocycles. The lowest BCUT2D eigenvalue weighted by atomic mass is 9.87. The monoisotopic (exact) mass is 531 g/mol. The van der Waals surface area contributed by atoms with Crippen molar-refractivity contribution in [1.82, 2.24) is 25.1 Å². The standard InChI is InChI=1S/C29H37N7O3/c1-34-11-5-8-23(34)19-38-28-32-26-24(14-21-15-25(26)31-16-21)27(33-28)35-12-13-36(22(17-35)9-10-30)29(37)39-18-20-6-3-2-4-7-20/h2-4,6-7,21-23,25,31H,5,8-9,11-19H2,1H3/t21-,22-,23-,25-/m0/s1. The van der Waals surface area contributed by atoms with Crippen LogP contribution in [0.2, 0.25) is 0 Å². The summed E-state index contributed by atoms with van der Waals surface area (Å²) in [5, 5.41) is 13.2. The highest BCUT2D eigenvalue weighted by Gasteiger charge is 2.39. The van der Waals surface area contributed by atoms with E-state index in [9.17, 15) is 10.1 Å². The number of hydrogen-bond donors (Lipinski definition) is 1. The van der Waals surface area contributed by atoms with Crippen molar-refractivity contribution in [3.8, 4) is 12.1 Å². The maximum atomic E-state index is 13.0. The maximum Gasteiger partial charge on any atom is 0.410 e. The topological polar surface area (TPSA) is 107 Å². The molecule has 4 atom stereocenters. The first-order valence-corrected chi connectivity index (χ1v) is 14.2. The van der Waals surface area contributed by atoms with Gasteiger partial charge in [-0.3, -0.25) is 0 Å². The van der Waals surface area contributed by atoms with E-state index in [1.54, 1.807) is 4.90 Å². The number of nitrogens with zero attached hydrogens (tertiary/aromatic N) is 6. The summed E-state index contributed by atoms with van der Waals surface area (Å²) in [7, 11) is 2.14. The highest BCUT2D eigenvalue weighted by Crippen LogP contribution is 2.41. The Morgan fingerprint density at radius 3 is 2.85 bits per heavy atom. The van der Waals surface area contributed by atoms with E-state index in [1.165, 1.54) is 12.0 Å². The number of nitriles is 1. The molecular formula is C29H37N7O3. The fourth-order valence-electron chi connectivity index (χ4n) is 6.47. The van der Waals surface area contributed by atoms with Crippen molar-refractivity contribution in [2.45, 2.75) is 56.8 Å². The molecule has 206 valence electrons. The van der Waals surface area contributed by atoms with Gasteiger partial charge < -0.3 is 29.5 Å². The van der Waals surface area contributed by atoms with Crippen LogP contribution in [0, 0.1) is 17.2 Å². The second-order valence-corrected chi connectivity index (χ2v) is 11.2. The fourth-order valence-corrected chi connectivity index (χ4v) is 6.47. The van der Waals surface area contributed by atoms with Crippen LogP contribution in [-0.4, -0.2) is 84.3 Å². The fraction of sp³-hybridized carbons (Fsp3) is 0.586. The van der Waals surface area contributed by atoms with E-state index < -0.39 is 0 Å². The number of likely N-dealkylation sites (tertiary alicyclic amines) is 1. The Bertz CT molecular complexity index is 1220. The van der Waals surface area contributed by atoms with E-state index >= 15 is 0 Å². The van der Waals surface area contributed by atoms with Gasteiger partial charge in [0.1, 0.15) is 19.0 Å². The molecule has 1 aromatic heterocycles. The number of fused-ring (bicyclic) bond motifs is 4. The van der Waals surface area contributed by atoms with E-state index in [-0.39, 0.29) is 31.2 Å². The van der Waals surface area contributed by atoms with E-state index in [0.29, 0.717) is 44.2 Å². The number of likely N-dealkylation sites (N-methyl/N-ethyl adjacent to an activating group) is 1. The predicted octanol–water partition coefficient (Wildman–Crippen LogP) is 2.90. The summed E-state index contributed by atoms with van der Waals surface area (Å²) in [6.07, 6.45) is 4.18. The second kappa shape index (κ2) is 11.4. The maximum absolute atomic E-state index is 13.0. The Balaban J connectivity index is 1.21. The van der Waals surface area contributed by atoms with E-state index in [4.69, 9.17) is 19.4 Å². The molecule has 1 amide bonds. The van der Waals surface area contributed by atoms with Gasteiger partial charge in [0.15, 0.2) is 0 Å². The number of aromatic nitrogens is 2. The third-order valence-corrected chi connectivity index (χ3v) is 8.67. The molecule has 1 aliphatic carbocycles. The minimum absolute atomic E-state index is 0.214. The Morgan fingerprint density at radius 1 is 1.18 bits per heavy atom. The van der Waals surface area contributed by atoms with Crippen LogP contribution in [0.4, 0.5) is 10.6 Å². The van der Waals surface area contributed by atoms with Crippen molar-refractivity contribution in [3.05, 3.63) is 47.2 Å². The third kappa shape index (κ3) is 5.52. The van der Waals surface area contributed by atoms with E-state index in [2.05, 4.69) is 28.2 Å². The summed E-state index contributed by atoms with van der Waals surface area (Å²) in [4.78, 5) is 29.2. The van der Waals surface area contributed by atoms with Gasteiger partial charge in [-0.1, -0.05) is 30.3 Å². The number of anilines is 1. The number of ether oxygens (including phenoxy) is 2. The van der Waals surface area contributed by atoms with E-state index in [0.717, 1.165) is 49.4 Å². The lowest BCUT2D eigenvalue weighted by molar-refractivity contribution is 0.0767.